The van der Waals surface area contributed by atoms with Crippen molar-refractivity contribution in [1.29, 1.82) is 0 Å². The number of hydrogen-bond acceptors (Lipinski definition) is 3. The maximum Gasteiger partial charge on any atom is 0.223 e. The molecule has 1 amide bonds. The van der Waals surface area contributed by atoms with Gasteiger partial charge in [-0.15, -0.1) is 0 Å². The Morgan fingerprint density at radius 2 is 1.95 bits per heavy atom. The molecule has 2 saturated heterocycles. The molecule has 0 aromatic carbocycles. The zero-order valence-corrected chi connectivity index (χ0v) is 13.9. The highest BCUT2D eigenvalue weighted by molar-refractivity contribution is 5.78. The van der Waals surface area contributed by atoms with Crippen molar-refractivity contribution < 1.29 is 4.79 Å². The van der Waals surface area contributed by atoms with Crippen molar-refractivity contribution in [2.45, 2.75) is 58.4 Å². The number of amides is 1. The lowest BCUT2D eigenvalue weighted by molar-refractivity contribution is -0.126. The molecule has 0 bridgehead atoms. The van der Waals surface area contributed by atoms with Gasteiger partial charge >= 0.3 is 0 Å². The minimum absolute atomic E-state index is 0.227. The van der Waals surface area contributed by atoms with Gasteiger partial charge < -0.3 is 15.5 Å². The third kappa shape index (κ3) is 5.95. The van der Waals surface area contributed by atoms with Crippen LogP contribution < -0.4 is 10.6 Å². The highest BCUT2D eigenvalue weighted by Crippen LogP contribution is 2.17. The van der Waals surface area contributed by atoms with Gasteiger partial charge in [0.15, 0.2) is 0 Å². The fraction of sp³-hybridized carbons (Fsp3) is 0.941. The van der Waals surface area contributed by atoms with Crippen molar-refractivity contribution in [3.63, 3.8) is 0 Å². The average molecular weight is 295 g/mol. The van der Waals surface area contributed by atoms with Crippen molar-refractivity contribution in [1.82, 2.24) is 15.5 Å². The summed E-state index contributed by atoms with van der Waals surface area (Å²) in [5.74, 6) is 1.41. The van der Waals surface area contributed by atoms with Gasteiger partial charge in [0, 0.05) is 18.5 Å². The Morgan fingerprint density at radius 1 is 1.19 bits per heavy atom. The molecule has 0 radical (unpaired) electrons. The number of hydrogen-bond donors (Lipinski definition) is 2. The third-order valence-corrected chi connectivity index (χ3v) is 5.07. The minimum atomic E-state index is 0.227. The predicted octanol–water partition coefficient (Wildman–Crippen LogP) is 2.00. The van der Waals surface area contributed by atoms with E-state index in [1.807, 2.05) is 0 Å². The fourth-order valence-corrected chi connectivity index (χ4v) is 3.47. The number of likely N-dealkylation sites (tertiary alicyclic amines) is 1. The molecule has 0 aromatic heterocycles. The summed E-state index contributed by atoms with van der Waals surface area (Å²) in [6.45, 7) is 10.1. The molecule has 2 aliphatic heterocycles. The highest BCUT2D eigenvalue weighted by Gasteiger charge is 2.24. The topological polar surface area (TPSA) is 44.4 Å². The summed E-state index contributed by atoms with van der Waals surface area (Å²) in [5, 5.41) is 6.53. The molecule has 2 N–H and O–H groups in total. The van der Waals surface area contributed by atoms with Crippen LogP contribution in [0.2, 0.25) is 0 Å². The zero-order valence-electron chi connectivity index (χ0n) is 13.9. The molecule has 2 fully saturated rings. The van der Waals surface area contributed by atoms with E-state index < -0.39 is 0 Å². The standard InChI is InChI=1S/C17H33N3O/c1-14-6-11-20(12-7-14)10-4-3-8-19-17(21)16-5-9-18-15(2)13-16/h14-16,18H,3-13H2,1-2H3,(H,19,21)/t15-,16-/m0/s1. The van der Waals surface area contributed by atoms with Crippen LogP contribution in [0.25, 0.3) is 0 Å². The van der Waals surface area contributed by atoms with Gasteiger partial charge in [-0.05, 0) is 77.5 Å². The van der Waals surface area contributed by atoms with Crippen molar-refractivity contribution in [2.24, 2.45) is 11.8 Å². The SMILES string of the molecule is CC1CCN(CCCCNC(=O)[C@H]2CCN[C@@H](C)C2)CC1. The van der Waals surface area contributed by atoms with E-state index in [1.165, 1.54) is 38.9 Å². The third-order valence-electron chi connectivity index (χ3n) is 5.07. The molecule has 2 aliphatic rings. The number of piperidine rings is 2. The molecule has 4 heteroatoms. The molecule has 21 heavy (non-hydrogen) atoms. The molecule has 0 unspecified atom stereocenters. The predicted molar refractivity (Wildman–Crippen MR) is 87.3 cm³/mol. The molecule has 2 heterocycles. The first-order chi connectivity index (χ1) is 10.1. The fourth-order valence-electron chi connectivity index (χ4n) is 3.47. The highest BCUT2D eigenvalue weighted by atomic mass is 16.1. The molecule has 0 aromatic rings. The van der Waals surface area contributed by atoms with E-state index in [4.69, 9.17) is 0 Å². The van der Waals surface area contributed by atoms with E-state index in [0.717, 1.165) is 38.3 Å². The molecular weight excluding hydrogens is 262 g/mol. The number of nitrogens with one attached hydrogen (secondary N) is 2. The molecule has 0 saturated carbocycles. The second kappa shape index (κ2) is 8.74. The van der Waals surface area contributed by atoms with E-state index in [-0.39, 0.29) is 11.8 Å². The molecule has 2 atom stereocenters. The van der Waals surface area contributed by atoms with Crippen LogP contribution in [0.4, 0.5) is 0 Å². The summed E-state index contributed by atoms with van der Waals surface area (Å²) in [7, 11) is 0. The van der Waals surface area contributed by atoms with E-state index in [0.29, 0.717) is 6.04 Å². The Labute approximate surface area is 130 Å². The second-order valence-electron chi connectivity index (χ2n) is 7.10. The van der Waals surface area contributed by atoms with E-state index in [9.17, 15) is 4.79 Å². The second-order valence-corrected chi connectivity index (χ2v) is 7.10. The number of nitrogens with zero attached hydrogens (tertiary/aromatic N) is 1. The number of unbranched alkanes of at least 4 members (excludes halogenated alkanes) is 1. The quantitative estimate of drug-likeness (QED) is 0.737. The Morgan fingerprint density at radius 3 is 2.67 bits per heavy atom. The van der Waals surface area contributed by atoms with Crippen LogP contribution in [0, 0.1) is 11.8 Å². The maximum atomic E-state index is 12.1. The summed E-state index contributed by atoms with van der Waals surface area (Å²) in [6.07, 6.45) is 6.99. The van der Waals surface area contributed by atoms with Gasteiger partial charge in [-0.3, -0.25) is 4.79 Å². The van der Waals surface area contributed by atoms with Gasteiger partial charge in [0.25, 0.3) is 0 Å². The van der Waals surface area contributed by atoms with Crippen LogP contribution in [0.5, 0.6) is 0 Å². The summed E-state index contributed by atoms with van der Waals surface area (Å²) in [5.41, 5.74) is 0. The van der Waals surface area contributed by atoms with Crippen molar-refractivity contribution in [3.05, 3.63) is 0 Å². The largest absolute Gasteiger partial charge is 0.356 e. The minimum Gasteiger partial charge on any atom is -0.356 e. The van der Waals surface area contributed by atoms with Crippen LogP contribution in [0.1, 0.15) is 52.4 Å². The van der Waals surface area contributed by atoms with E-state index in [2.05, 4.69) is 29.4 Å². The first-order valence-electron chi connectivity index (χ1n) is 8.88. The van der Waals surface area contributed by atoms with E-state index in [1.54, 1.807) is 0 Å². The molecule has 122 valence electrons. The normalized spacial score (nSPS) is 28.5. The number of carbonyl (C=O) groups is 1. The average Bonchev–Trinajstić information content (AvgIpc) is 2.48. The number of rotatable bonds is 6. The summed E-state index contributed by atoms with van der Waals surface area (Å²) < 4.78 is 0. The number of carbonyl (C=O) groups excluding carboxylic acids is 1. The van der Waals surface area contributed by atoms with Gasteiger partial charge in [-0.25, -0.2) is 0 Å². The van der Waals surface area contributed by atoms with Crippen LogP contribution in [-0.4, -0.2) is 49.6 Å². The lowest BCUT2D eigenvalue weighted by Crippen LogP contribution is -2.42. The Hall–Kier alpha value is -0.610. The van der Waals surface area contributed by atoms with E-state index >= 15 is 0 Å². The van der Waals surface area contributed by atoms with Gasteiger partial charge in [-0.2, -0.15) is 0 Å². The van der Waals surface area contributed by atoms with Crippen LogP contribution >= 0.6 is 0 Å². The van der Waals surface area contributed by atoms with Crippen LogP contribution in [0.15, 0.2) is 0 Å². The molecule has 0 aliphatic carbocycles. The molecule has 0 spiro atoms. The summed E-state index contributed by atoms with van der Waals surface area (Å²) in [4.78, 5) is 14.7. The smallest absolute Gasteiger partial charge is 0.223 e. The van der Waals surface area contributed by atoms with Gasteiger partial charge in [-0.1, -0.05) is 6.92 Å². The van der Waals surface area contributed by atoms with Crippen molar-refractivity contribution in [2.75, 3.05) is 32.7 Å². The van der Waals surface area contributed by atoms with Crippen molar-refractivity contribution >= 4 is 5.91 Å². The first kappa shape index (κ1) is 16.8. The monoisotopic (exact) mass is 295 g/mol. The van der Waals surface area contributed by atoms with Crippen LogP contribution in [-0.2, 0) is 4.79 Å². The van der Waals surface area contributed by atoms with Gasteiger partial charge in [0.2, 0.25) is 5.91 Å². The van der Waals surface area contributed by atoms with Crippen LogP contribution in [0.3, 0.4) is 0 Å². The molecule has 2 rings (SSSR count). The first-order valence-corrected chi connectivity index (χ1v) is 8.88. The lowest BCUT2D eigenvalue weighted by Gasteiger charge is -2.30. The Bertz CT molecular complexity index is 313. The van der Waals surface area contributed by atoms with Crippen molar-refractivity contribution in [3.8, 4) is 0 Å². The van der Waals surface area contributed by atoms with Gasteiger partial charge in [0.1, 0.15) is 0 Å². The molecule has 4 nitrogen and oxygen atoms in total. The molecular formula is C17H33N3O. The summed E-state index contributed by atoms with van der Waals surface area (Å²) >= 11 is 0. The summed E-state index contributed by atoms with van der Waals surface area (Å²) in [6, 6.07) is 0.482. The zero-order chi connectivity index (χ0) is 15.1. The lowest BCUT2D eigenvalue weighted by atomic mass is 9.92. The Balaban J connectivity index is 1.50. The maximum absolute atomic E-state index is 12.1. The van der Waals surface area contributed by atoms with Gasteiger partial charge in [0.05, 0.1) is 0 Å². The Kier molecular flexibility index (Phi) is 6.97.